The smallest absolute Gasteiger partial charge is 0.329 e. The van der Waals surface area contributed by atoms with Crippen LogP contribution in [0.25, 0.3) is 0 Å². The van der Waals surface area contributed by atoms with Crippen molar-refractivity contribution in [3.05, 3.63) is 0 Å². The molecule has 0 aromatic rings. The van der Waals surface area contributed by atoms with E-state index in [2.05, 4.69) is 0 Å². The van der Waals surface area contributed by atoms with Gasteiger partial charge in [0.1, 0.15) is 6.54 Å². The first kappa shape index (κ1) is 14.6. The van der Waals surface area contributed by atoms with Gasteiger partial charge in [0.25, 0.3) is 0 Å². The van der Waals surface area contributed by atoms with Crippen molar-refractivity contribution in [2.75, 3.05) is 26.2 Å². The third-order valence-corrected chi connectivity index (χ3v) is 3.65. The lowest BCUT2D eigenvalue weighted by Crippen LogP contribution is -2.48. The number of carbonyl (C=O) groups excluding carboxylic acids is 1. The summed E-state index contributed by atoms with van der Waals surface area (Å²) in [5.74, 6) is -0.407. The van der Waals surface area contributed by atoms with E-state index in [-0.39, 0.29) is 18.6 Å². The summed E-state index contributed by atoms with van der Waals surface area (Å²) in [6, 6.07) is -0.0535. The van der Waals surface area contributed by atoms with Crippen molar-refractivity contribution in [3.63, 3.8) is 0 Å². The maximum absolute atomic E-state index is 12.5. The highest BCUT2D eigenvalue weighted by Gasteiger charge is 2.40. The van der Waals surface area contributed by atoms with Gasteiger partial charge in [-0.25, -0.2) is 0 Å². The summed E-state index contributed by atoms with van der Waals surface area (Å²) in [4.78, 5) is 14.9. The molecule has 1 saturated carbocycles. The number of halogens is 3. The molecule has 2 fully saturated rings. The third-order valence-electron chi connectivity index (χ3n) is 3.65. The second-order valence-corrected chi connectivity index (χ2v) is 5.48. The summed E-state index contributed by atoms with van der Waals surface area (Å²) in [6.45, 7) is 0.345. The Morgan fingerprint density at radius 3 is 2.26 bits per heavy atom. The number of amides is 1. The van der Waals surface area contributed by atoms with Gasteiger partial charge in [-0.3, -0.25) is 9.69 Å². The summed E-state index contributed by atoms with van der Waals surface area (Å²) in [5.41, 5.74) is 5.76. The van der Waals surface area contributed by atoms with E-state index in [4.69, 9.17) is 5.73 Å². The van der Waals surface area contributed by atoms with E-state index in [9.17, 15) is 18.0 Å². The molecule has 1 heterocycles. The van der Waals surface area contributed by atoms with Crippen LogP contribution in [0.2, 0.25) is 0 Å². The molecule has 2 N–H and O–H groups in total. The average Bonchev–Trinajstić information content (AvgIpc) is 3.12. The van der Waals surface area contributed by atoms with Crippen molar-refractivity contribution in [1.82, 2.24) is 9.80 Å². The maximum atomic E-state index is 12.5. The average molecular weight is 279 g/mol. The van der Waals surface area contributed by atoms with Crippen LogP contribution in [0, 0.1) is 0 Å². The fourth-order valence-electron chi connectivity index (χ4n) is 2.39. The van der Waals surface area contributed by atoms with Gasteiger partial charge < -0.3 is 10.6 Å². The van der Waals surface area contributed by atoms with Crippen LogP contribution in [-0.4, -0.2) is 60.1 Å². The standard InChI is InChI=1S/C12H20F3N3O/c13-12(14,15)8-18(10-1-2-10)11(19)7-17-5-3-9(16)4-6-17/h9-10H,1-8,16H2. The van der Waals surface area contributed by atoms with E-state index >= 15 is 0 Å². The molecule has 0 atom stereocenters. The number of carbonyl (C=O) groups is 1. The van der Waals surface area contributed by atoms with Crippen molar-refractivity contribution < 1.29 is 18.0 Å². The Balaban J connectivity index is 1.85. The van der Waals surface area contributed by atoms with Crippen molar-refractivity contribution in [3.8, 4) is 0 Å². The number of piperidine rings is 1. The second kappa shape index (κ2) is 5.66. The Morgan fingerprint density at radius 1 is 1.21 bits per heavy atom. The Hall–Kier alpha value is -0.820. The molecular formula is C12H20F3N3O. The van der Waals surface area contributed by atoms with Gasteiger partial charge in [-0.05, 0) is 25.7 Å². The van der Waals surface area contributed by atoms with Crippen LogP contribution in [0.4, 0.5) is 13.2 Å². The van der Waals surface area contributed by atoms with E-state index in [1.807, 2.05) is 4.90 Å². The molecule has 19 heavy (non-hydrogen) atoms. The summed E-state index contributed by atoms with van der Waals surface area (Å²) in [6.07, 6.45) is -1.34. The quantitative estimate of drug-likeness (QED) is 0.834. The molecule has 1 aliphatic carbocycles. The van der Waals surface area contributed by atoms with Gasteiger partial charge in [0.2, 0.25) is 5.91 Å². The lowest BCUT2D eigenvalue weighted by atomic mass is 10.1. The molecule has 0 aromatic heterocycles. The monoisotopic (exact) mass is 279 g/mol. The predicted octanol–water partition coefficient (Wildman–Crippen LogP) is 0.963. The van der Waals surface area contributed by atoms with Gasteiger partial charge in [-0.15, -0.1) is 0 Å². The highest BCUT2D eigenvalue weighted by atomic mass is 19.4. The first-order valence-corrected chi connectivity index (χ1v) is 6.69. The van der Waals surface area contributed by atoms with Crippen LogP contribution in [0.5, 0.6) is 0 Å². The van der Waals surface area contributed by atoms with Gasteiger partial charge >= 0.3 is 6.18 Å². The SMILES string of the molecule is NC1CCN(CC(=O)N(CC(F)(F)F)C2CC2)CC1. The number of rotatable bonds is 4. The van der Waals surface area contributed by atoms with Crippen molar-refractivity contribution in [1.29, 1.82) is 0 Å². The van der Waals surface area contributed by atoms with Crippen LogP contribution in [0.3, 0.4) is 0 Å². The number of likely N-dealkylation sites (tertiary alicyclic amines) is 1. The third kappa shape index (κ3) is 4.65. The maximum Gasteiger partial charge on any atom is 0.406 e. The van der Waals surface area contributed by atoms with Gasteiger partial charge in [0.15, 0.2) is 0 Å². The molecule has 0 unspecified atom stereocenters. The van der Waals surface area contributed by atoms with E-state index in [0.29, 0.717) is 25.9 Å². The molecule has 1 amide bonds. The molecule has 4 nitrogen and oxygen atoms in total. The summed E-state index contributed by atoms with van der Waals surface area (Å²) >= 11 is 0. The molecule has 0 bridgehead atoms. The molecule has 0 aromatic carbocycles. The van der Waals surface area contributed by atoms with Crippen molar-refractivity contribution >= 4 is 5.91 Å². The lowest BCUT2D eigenvalue weighted by molar-refractivity contribution is -0.163. The summed E-state index contributed by atoms with van der Waals surface area (Å²) in [5, 5.41) is 0. The van der Waals surface area contributed by atoms with Crippen LogP contribution < -0.4 is 5.73 Å². The Kier molecular flexibility index (Phi) is 4.35. The molecular weight excluding hydrogens is 259 g/mol. The van der Waals surface area contributed by atoms with Crippen LogP contribution >= 0.6 is 0 Å². The largest absolute Gasteiger partial charge is 0.406 e. The summed E-state index contributed by atoms with van der Waals surface area (Å²) in [7, 11) is 0. The normalized spacial score (nSPS) is 22.5. The van der Waals surface area contributed by atoms with Gasteiger partial charge in [-0.2, -0.15) is 13.2 Å². The molecule has 2 aliphatic rings. The lowest BCUT2D eigenvalue weighted by Gasteiger charge is -2.32. The van der Waals surface area contributed by atoms with Crippen molar-refractivity contribution in [2.45, 2.75) is 43.9 Å². The van der Waals surface area contributed by atoms with Gasteiger partial charge in [-0.1, -0.05) is 0 Å². The zero-order chi connectivity index (χ0) is 14.0. The van der Waals surface area contributed by atoms with Crippen LogP contribution in [0.1, 0.15) is 25.7 Å². The van der Waals surface area contributed by atoms with Gasteiger partial charge in [0, 0.05) is 25.2 Å². The van der Waals surface area contributed by atoms with Crippen LogP contribution in [0.15, 0.2) is 0 Å². The zero-order valence-corrected chi connectivity index (χ0v) is 10.8. The zero-order valence-electron chi connectivity index (χ0n) is 10.8. The number of alkyl halides is 3. The minimum atomic E-state index is -4.32. The number of hydrogen-bond acceptors (Lipinski definition) is 3. The molecule has 0 spiro atoms. The molecule has 1 saturated heterocycles. The number of nitrogens with zero attached hydrogens (tertiary/aromatic N) is 2. The first-order valence-electron chi connectivity index (χ1n) is 6.69. The number of nitrogens with two attached hydrogens (primary N) is 1. The second-order valence-electron chi connectivity index (χ2n) is 5.48. The van der Waals surface area contributed by atoms with E-state index in [1.165, 1.54) is 0 Å². The fraction of sp³-hybridized carbons (Fsp3) is 0.917. The molecule has 7 heteroatoms. The van der Waals surface area contributed by atoms with E-state index < -0.39 is 18.6 Å². The minimum Gasteiger partial charge on any atom is -0.329 e. The molecule has 1 aliphatic heterocycles. The van der Waals surface area contributed by atoms with Gasteiger partial charge in [0.05, 0.1) is 6.54 Å². The Morgan fingerprint density at radius 2 is 1.79 bits per heavy atom. The topological polar surface area (TPSA) is 49.6 Å². The fourth-order valence-corrected chi connectivity index (χ4v) is 2.39. The first-order chi connectivity index (χ1) is 8.85. The molecule has 2 rings (SSSR count). The highest BCUT2D eigenvalue weighted by Crippen LogP contribution is 2.30. The molecule has 110 valence electrons. The number of hydrogen-bond donors (Lipinski definition) is 1. The van der Waals surface area contributed by atoms with E-state index in [1.54, 1.807) is 0 Å². The Bertz CT molecular complexity index is 323. The highest BCUT2D eigenvalue weighted by molar-refractivity contribution is 5.79. The van der Waals surface area contributed by atoms with Crippen molar-refractivity contribution in [2.24, 2.45) is 5.73 Å². The van der Waals surface area contributed by atoms with Crippen LogP contribution in [-0.2, 0) is 4.79 Å². The van der Waals surface area contributed by atoms with E-state index in [0.717, 1.165) is 17.7 Å². The summed E-state index contributed by atoms with van der Waals surface area (Å²) < 4.78 is 37.4. The molecule has 0 radical (unpaired) electrons. The predicted molar refractivity (Wildman–Crippen MR) is 64.4 cm³/mol. The Labute approximate surface area is 110 Å². The minimum absolute atomic E-state index is 0.0826.